The molecular formula is C30H36N4O4. The van der Waals surface area contributed by atoms with E-state index in [4.69, 9.17) is 4.74 Å². The largest absolute Gasteiger partial charge is 0.497 e. The number of hydrogen-bond acceptors (Lipinski definition) is 6. The molecule has 0 radical (unpaired) electrons. The Morgan fingerprint density at radius 1 is 1.00 bits per heavy atom. The van der Waals surface area contributed by atoms with Crippen LogP contribution in [0.15, 0.2) is 60.8 Å². The number of ether oxygens (including phenoxy) is 1. The first-order valence-corrected chi connectivity index (χ1v) is 13.2. The van der Waals surface area contributed by atoms with E-state index >= 15 is 0 Å². The Morgan fingerprint density at radius 2 is 1.79 bits per heavy atom. The van der Waals surface area contributed by atoms with Crippen molar-refractivity contribution in [2.45, 2.75) is 52.2 Å². The van der Waals surface area contributed by atoms with E-state index in [2.05, 4.69) is 10.3 Å². The molecule has 3 aromatic rings. The molecule has 200 valence electrons. The number of nitrogens with one attached hydrogen (secondary N) is 1. The predicted molar refractivity (Wildman–Crippen MR) is 149 cm³/mol. The van der Waals surface area contributed by atoms with Crippen LogP contribution in [0, 0.1) is 0 Å². The van der Waals surface area contributed by atoms with Crippen LogP contribution < -0.4 is 15.0 Å². The zero-order valence-corrected chi connectivity index (χ0v) is 22.2. The van der Waals surface area contributed by atoms with E-state index in [1.165, 1.54) is 0 Å². The zero-order chi connectivity index (χ0) is 26.9. The Labute approximate surface area is 224 Å². The fraction of sp³-hybridized carbons (Fsp3) is 0.367. The van der Waals surface area contributed by atoms with Crippen molar-refractivity contribution in [2.75, 3.05) is 30.4 Å². The molecule has 2 heterocycles. The van der Waals surface area contributed by atoms with Gasteiger partial charge in [0, 0.05) is 50.2 Å². The van der Waals surface area contributed by atoms with Crippen molar-refractivity contribution in [1.29, 1.82) is 0 Å². The highest BCUT2D eigenvalue weighted by atomic mass is 16.5. The van der Waals surface area contributed by atoms with Gasteiger partial charge in [0.25, 0.3) is 5.91 Å². The third-order valence-electron chi connectivity index (χ3n) is 6.83. The lowest BCUT2D eigenvalue weighted by atomic mass is 10.0. The first-order chi connectivity index (χ1) is 18.5. The number of rotatable bonds is 5. The average molecular weight is 517 g/mol. The van der Waals surface area contributed by atoms with Crippen molar-refractivity contribution >= 4 is 29.0 Å². The van der Waals surface area contributed by atoms with Gasteiger partial charge in [-0.25, -0.2) is 4.98 Å². The smallest absolute Gasteiger partial charge is 0.257 e. The van der Waals surface area contributed by atoms with Crippen molar-refractivity contribution in [2.24, 2.45) is 0 Å². The van der Waals surface area contributed by atoms with Gasteiger partial charge >= 0.3 is 0 Å². The number of benzene rings is 2. The molecule has 0 saturated carbocycles. The molecule has 2 aromatic carbocycles. The summed E-state index contributed by atoms with van der Waals surface area (Å²) in [6, 6.07) is 16.7. The third kappa shape index (κ3) is 6.69. The Kier molecular flexibility index (Phi) is 9.32. The number of aliphatic hydroxyl groups is 1. The molecule has 38 heavy (non-hydrogen) atoms. The van der Waals surface area contributed by atoms with Crippen molar-refractivity contribution < 1.29 is 19.4 Å². The predicted octanol–water partition coefficient (Wildman–Crippen LogP) is 5.29. The number of hydrogen-bond donors (Lipinski definition) is 2. The second-order valence-corrected chi connectivity index (χ2v) is 9.54. The maximum Gasteiger partial charge on any atom is 0.257 e. The maximum absolute atomic E-state index is 14.0. The van der Waals surface area contributed by atoms with Crippen LogP contribution >= 0.6 is 0 Å². The van der Waals surface area contributed by atoms with Crippen LogP contribution in [0.5, 0.6) is 5.75 Å². The normalized spacial score (nSPS) is 14.6. The SMILES string of the molecule is COc1cccc(Nc2ncccc2C(=O)N2CCCCCCCN(C(C)=O)c3cc(CO)ccc3C2)c1. The van der Waals surface area contributed by atoms with Gasteiger partial charge in [-0.15, -0.1) is 0 Å². The monoisotopic (exact) mass is 516 g/mol. The average Bonchev–Trinajstić information content (AvgIpc) is 2.93. The van der Waals surface area contributed by atoms with Crippen molar-refractivity contribution in [3.05, 3.63) is 77.5 Å². The molecular weight excluding hydrogens is 480 g/mol. The van der Waals surface area contributed by atoms with E-state index in [-0.39, 0.29) is 18.4 Å². The Bertz CT molecular complexity index is 1260. The highest BCUT2D eigenvalue weighted by molar-refractivity contribution is 5.99. The summed E-state index contributed by atoms with van der Waals surface area (Å²) in [5.41, 5.74) is 3.60. The molecule has 2 N–H and O–H groups in total. The number of pyridine rings is 1. The van der Waals surface area contributed by atoms with Crippen LogP contribution in [0.4, 0.5) is 17.2 Å². The summed E-state index contributed by atoms with van der Waals surface area (Å²) in [6.07, 6.45) is 6.55. The number of fused-ring (bicyclic) bond motifs is 1. The van der Waals surface area contributed by atoms with Crippen molar-refractivity contribution in [3.63, 3.8) is 0 Å². The van der Waals surface area contributed by atoms with Gasteiger partial charge in [0.2, 0.25) is 5.91 Å². The molecule has 0 fully saturated rings. The lowest BCUT2D eigenvalue weighted by Crippen LogP contribution is -2.35. The summed E-state index contributed by atoms with van der Waals surface area (Å²) in [5.74, 6) is 0.995. The summed E-state index contributed by atoms with van der Waals surface area (Å²) >= 11 is 0. The van der Waals surface area contributed by atoms with E-state index < -0.39 is 0 Å². The standard InChI is InChI=1S/C30H36N4O4/c1-22(36)34-17-7-5-3-4-6-16-33(20-24-14-13-23(21-35)18-28(24)34)30(37)27-12-9-15-31-29(27)32-25-10-8-11-26(19-25)38-2/h8-15,18-19,35H,3-7,16-17,20-21H2,1-2H3,(H,31,32). The van der Waals surface area contributed by atoms with E-state index in [0.717, 1.165) is 54.6 Å². The first kappa shape index (κ1) is 27.1. The van der Waals surface area contributed by atoms with Crippen LogP contribution in [0.25, 0.3) is 0 Å². The van der Waals surface area contributed by atoms with E-state index in [1.807, 2.05) is 47.4 Å². The Balaban J connectivity index is 1.69. The molecule has 1 aliphatic heterocycles. The molecule has 0 saturated heterocycles. The topological polar surface area (TPSA) is 95.0 Å². The molecule has 8 heteroatoms. The van der Waals surface area contributed by atoms with Gasteiger partial charge < -0.3 is 25.0 Å². The molecule has 2 amide bonds. The van der Waals surface area contributed by atoms with Crippen LogP contribution in [0.2, 0.25) is 0 Å². The summed E-state index contributed by atoms with van der Waals surface area (Å²) in [4.78, 5) is 34.7. The van der Waals surface area contributed by atoms with Crippen LogP contribution in [-0.2, 0) is 17.9 Å². The van der Waals surface area contributed by atoms with Gasteiger partial charge in [-0.1, -0.05) is 37.5 Å². The number of carbonyl (C=O) groups is 2. The number of methoxy groups -OCH3 is 1. The van der Waals surface area contributed by atoms with Gasteiger partial charge in [-0.3, -0.25) is 9.59 Å². The number of carbonyl (C=O) groups excluding carboxylic acids is 2. The van der Waals surface area contributed by atoms with Gasteiger partial charge in [-0.05, 0) is 54.3 Å². The number of aliphatic hydroxyl groups excluding tert-OH is 1. The second-order valence-electron chi connectivity index (χ2n) is 9.54. The quantitative estimate of drug-likeness (QED) is 0.479. The zero-order valence-electron chi connectivity index (χ0n) is 22.2. The molecule has 4 rings (SSSR count). The number of amides is 2. The fourth-order valence-corrected chi connectivity index (χ4v) is 4.79. The minimum absolute atomic E-state index is 0.0479. The summed E-state index contributed by atoms with van der Waals surface area (Å²) < 4.78 is 5.33. The highest BCUT2D eigenvalue weighted by Gasteiger charge is 2.24. The molecule has 0 atom stereocenters. The van der Waals surface area contributed by atoms with Gasteiger partial charge in [-0.2, -0.15) is 0 Å². The Hall–Kier alpha value is -3.91. The minimum Gasteiger partial charge on any atom is -0.497 e. The van der Waals surface area contributed by atoms with E-state index in [0.29, 0.717) is 36.8 Å². The van der Waals surface area contributed by atoms with Crippen molar-refractivity contribution in [1.82, 2.24) is 9.88 Å². The highest BCUT2D eigenvalue weighted by Crippen LogP contribution is 2.28. The Morgan fingerprint density at radius 3 is 2.55 bits per heavy atom. The third-order valence-corrected chi connectivity index (χ3v) is 6.83. The lowest BCUT2D eigenvalue weighted by molar-refractivity contribution is -0.116. The molecule has 0 spiro atoms. The maximum atomic E-state index is 14.0. The lowest BCUT2D eigenvalue weighted by Gasteiger charge is -2.29. The number of aromatic nitrogens is 1. The van der Waals surface area contributed by atoms with Gasteiger partial charge in [0.15, 0.2) is 0 Å². The van der Waals surface area contributed by atoms with Crippen LogP contribution in [0.3, 0.4) is 0 Å². The summed E-state index contributed by atoms with van der Waals surface area (Å²) in [5, 5.41) is 13.0. The molecule has 0 unspecified atom stereocenters. The molecule has 0 bridgehead atoms. The minimum atomic E-state index is -0.132. The second kappa shape index (κ2) is 13.1. The van der Waals surface area contributed by atoms with Gasteiger partial charge in [0.05, 0.1) is 19.3 Å². The summed E-state index contributed by atoms with van der Waals surface area (Å²) in [6.45, 7) is 3.00. The van der Waals surface area contributed by atoms with Crippen LogP contribution in [-0.4, -0.2) is 47.0 Å². The number of anilines is 3. The molecule has 0 aliphatic carbocycles. The molecule has 1 aliphatic rings. The van der Waals surface area contributed by atoms with Crippen molar-refractivity contribution in [3.8, 4) is 5.75 Å². The van der Waals surface area contributed by atoms with Gasteiger partial charge in [0.1, 0.15) is 11.6 Å². The number of nitrogens with zero attached hydrogens (tertiary/aromatic N) is 3. The van der Waals surface area contributed by atoms with E-state index in [9.17, 15) is 14.7 Å². The first-order valence-electron chi connectivity index (χ1n) is 13.2. The fourth-order valence-electron chi connectivity index (χ4n) is 4.79. The van der Waals surface area contributed by atoms with Crippen LogP contribution in [0.1, 0.15) is 60.5 Å². The summed E-state index contributed by atoms with van der Waals surface area (Å²) in [7, 11) is 1.61. The molecule has 1 aromatic heterocycles. The molecule has 8 nitrogen and oxygen atoms in total. The van der Waals surface area contributed by atoms with E-state index in [1.54, 1.807) is 37.3 Å².